The Balaban J connectivity index is 1.59. The average molecular weight is 423 g/mol. The van der Waals surface area contributed by atoms with Gasteiger partial charge in [-0.25, -0.2) is 4.79 Å². The van der Waals surface area contributed by atoms with Gasteiger partial charge in [0.05, 0.1) is 0 Å². The molecule has 31 heavy (non-hydrogen) atoms. The molecule has 0 radical (unpaired) electrons. The quantitative estimate of drug-likeness (QED) is 0.244. The number of fused-ring (bicyclic) bond motifs is 1. The lowest BCUT2D eigenvalue weighted by Crippen LogP contribution is -2.25. The Morgan fingerprint density at radius 1 is 1.10 bits per heavy atom. The van der Waals surface area contributed by atoms with Crippen LogP contribution in [0.3, 0.4) is 0 Å². The lowest BCUT2D eigenvalue weighted by molar-refractivity contribution is -0.142. The van der Waals surface area contributed by atoms with Gasteiger partial charge in [-0.3, -0.25) is 0 Å². The lowest BCUT2D eigenvalue weighted by Gasteiger charge is -2.12. The van der Waals surface area contributed by atoms with Crippen molar-refractivity contribution in [2.45, 2.75) is 45.6 Å². The molecule has 0 amide bonds. The van der Waals surface area contributed by atoms with E-state index in [9.17, 15) is 9.90 Å². The number of ether oxygens (including phenoxy) is 2. The van der Waals surface area contributed by atoms with Crippen LogP contribution >= 0.6 is 0 Å². The molecule has 1 heterocycles. The van der Waals surface area contributed by atoms with Crippen molar-refractivity contribution in [3.05, 3.63) is 66.2 Å². The summed E-state index contributed by atoms with van der Waals surface area (Å²) in [6.45, 7) is 7.13. The first-order chi connectivity index (χ1) is 15.0. The molecule has 5 nitrogen and oxygen atoms in total. The van der Waals surface area contributed by atoms with E-state index in [4.69, 9.17) is 13.9 Å². The molecule has 3 rings (SSSR count). The molecular formula is C26H30O5. The van der Waals surface area contributed by atoms with E-state index < -0.39 is 12.1 Å². The van der Waals surface area contributed by atoms with Gasteiger partial charge in [-0.05, 0) is 43.5 Å². The number of aliphatic hydroxyl groups excluding tert-OH is 1. The minimum Gasteiger partial charge on any atom is -0.491 e. The van der Waals surface area contributed by atoms with Gasteiger partial charge in [0.25, 0.3) is 0 Å². The number of unbranched alkanes of at least 4 members (excludes halogenated alkanes) is 2. The van der Waals surface area contributed by atoms with Gasteiger partial charge < -0.3 is 19.0 Å². The number of carbonyl (C=O) groups is 1. The second-order valence-electron chi connectivity index (χ2n) is 7.81. The third-order valence-corrected chi connectivity index (χ3v) is 5.00. The van der Waals surface area contributed by atoms with E-state index in [2.05, 4.69) is 37.8 Å². The van der Waals surface area contributed by atoms with Crippen LogP contribution in [-0.4, -0.2) is 30.4 Å². The Morgan fingerprint density at radius 3 is 2.58 bits per heavy atom. The fourth-order valence-electron chi connectivity index (χ4n) is 3.19. The predicted octanol–water partition coefficient (Wildman–Crippen LogP) is 5.69. The molecule has 0 saturated carbocycles. The van der Waals surface area contributed by atoms with Gasteiger partial charge in [-0.15, -0.1) is 0 Å². The standard InChI is InChI=1S/C26H30O5/c1-4-5-6-7-19-8-10-20(11-9-19)24-14-21-12-13-23(15-25(21)31-24)29-16-22(27)17-30-26(28)18(2)3/h8-15,22,27H,2,4-7,16-17H2,1,3H3. The van der Waals surface area contributed by atoms with Crippen LogP contribution < -0.4 is 4.74 Å². The first kappa shape index (κ1) is 22.6. The van der Waals surface area contributed by atoms with Crippen LogP contribution in [0, 0.1) is 0 Å². The third kappa shape index (κ3) is 6.46. The lowest BCUT2D eigenvalue weighted by atomic mass is 10.0. The predicted molar refractivity (Wildman–Crippen MR) is 122 cm³/mol. The second-order valence-corrected chi connectivity index (χ2v) is 7.81. The van der Waals surface area contributed by atoms with Crippen LogP contribution in [0.2, 0.25) is 0 Å². The summed E-state index contributed by atoms with van der Waals surface area (Å²) in [5, 5.41) is 10.9. The van der Waals surface area contributed by atoms with Crippen LogP contribution in [0.4, 0.5) is 0 Å². The monoisotopic (exact) mass is 422 g/mol. The second kappa shape index (κ2) is 10.8. The molecule has 1 aromatic heterocycles. The smallest absolute Gasteiger partial charge is 0.333 e. The average Bonchev–Trinajstić information content (AvgIpc) is 3.20. The highest BCUT2D eigenvalue weighted by Gasteiger charge is 2.12. The maximum Gasteiger partial charge on any atom is 0.333 e. The van der Waals surface area contributed by atoms with Gasteiger partial charge in [-0.2, -0.15) is 0 Å². The van der Waals surface area contributed by atoms with Crippen molar-refractivity contribution in [3.63, 3.8) is 0 Å². The molecule has 0 bridgehead atoms. The molecule has 0 fully saturated rings. The number of hydrogen-bond acceptors (Lipinski definition) is 5. The van der Waals surface area contributed by atoms with E-state index in [-0.39, 0.29) is 13.2 Å². The number of esters is 1. The van der Waals surface area contributed by atoms with Crippen molar-refractivity contribution in [2.24, 2.45) is 0 Å². The Kier molecular flexibility index (Phi) is 7.90. The number of rotatable bonds is 11. The zero-order valence-electron chi connectivity index (χ0n) is 18.2. The minimum absolute atomic E-state index is 0.00202. The minimum atomic E-state index is -0.929. The van der Waals surface area contributed by atoms with E-state index in [1.165, 1.54) is 24.8 Å². The van der Waals surface area contributed by atoms with Crippen LogP contribution in [0.15, 0.2) is 65.1 Å². The van der Waals surface area contributed by atoms with Crippen molar-refractivity contribution < 1.29 is 23.8 Å². The molecule has 0 aliphatic carbocycles. The summed E-state index contributed by atoms with van der Waals surface area (Å²) < 4.78 is 16.6. The first-order valence-electron chi connectivity index (χ1n) is 10.7. The molecule has 0 aliphatic heterocycles. The maximum absolute atomic E-state index is 11.4. The first-order valence-corrected chi connectivity index (χ1v) is 10.7. The number of benzene rings is 2. The molecule has 1 N–H and O–H groups in total. The highest BCUT2D eigenvalue weighted by molar-refractivity contribution is 5.87. The van der Waals surface area contributed by atoms with Crippen molar-refractivity contribution in [1.82, 2.24) is 0 Å². The number of furan rings is 1. The fourth-order valence-corrected chi connectivity index (χ4v) is 3.19. The third-order valence-electron chi connectivity index (χ3n) is 5.00. The van der Waals surface area contributed by atoms with Crippen molar-refractivity contribution in [1.29, 1.82) is 0 Å². The van der Waals surface area contributed by atoms with E-state index in [1.807, 2.05) is 18.2 Å². The maximum atomic E-state index is 11.4. The molecule has 2 aromatic carbocycles. The van der Waals surface area contributed by atoms with Crippen molar-refractivity contribution in [3.8, 4) is 17.1 Å². The Labute approximate surface area is 183 Å². The number of carbonyl (C=O) groups excluding carboxylic acids is 1. The number of hydrogen-bond donors (Lipinski definition) is 1. The summed E-state index contributed by atoms with van der Waals surface area (Å²) in [5.41, 5.74) is 3.38. The number of aryl methyl sites for hydroxylation is 1. The van der Waals surface area contributed by atoms with Gasteiger partial charge in [0.15, 0.2) is 0 Å². The molecule has 0 saturated heterocycles. The van der Waals surface area contributed by atoms with Gasteiger partial charge in [0, 0.05) is 22.6 Å². The van der Waals surface area contributed by atoms with E-state index in [1.54, 1.807) is 13.0 Å². The Hall–Kier alpha value is -3.05. The molecule has 164 valence electrons. The summed E-state index contributed by atoms with van der Waals surface area (Å²) in [5.74, 6) is 0.849. The highest BCUT2D eigenvalue weighted by Crippen LogP contribution is 2.30. The molecule has 5 heteroatoms. The summed E-state index contributed by atoms with van der Waals surface area (Å²) in [7, 11) is 0. The summed E-state index contributed by atoms with van der Waals surface area (Å²) in [6.07, 6.45) is 3.87. The molecule has 0 spiro atoms. The van der Waals surface area contributed by atoms with Gasteiger partial charge >= 0.3 is 5.97 Å². The van der Waals surface area contributed by atoms with Crippen LogP contribution in [0.5, 0.6) is 5.75 Å². The SMILES string of the molecule is C=C(C)C(=O)OCC(O)COc1ccc2cc(-c3ccc(CCCCC)cc3)oc2c1. The molecule has 1 atom stereocenters. The molecule has 3 aromatic rings. The normalized spacial score (nSPS) is 12.0. The largest absolute Gasteiger partial charge is 0.491 e. The van der Waals surface area contributed by atoms with E-state index in [0.717, 1.165) is 23.1 Å². The van der Waals surface area contributed by atoms with Gasteiger partial charge in [0.1, 0.15) is 36.4 Å². The fraction of sp³-hybridized carbons (Fsp3) is 0.346. The highest BCUT2D eigenvalue weighted by atomic mass is 16.5. The Morgan fingerprint density at radius 2 is 1.87 bits per heavy atom. The van der Waals surface area contributed by atoms with Crippen molar-refractivity contribution in [2.75, 3.05) is 13.2 Å². The molecule has 0 aliphatic rings. The summed E-state index contributed by atoms with van der Waals surface area (Å²) in [6, 6.07) is 16.1. The molecule has 1 unspecified atom stereocenters. The van der Waals surface area contributed by atoms with Gasteiger partial charge in [-0.1, -0.05) is 50.6 Å². The molecular weight excluding hydrogens is 392 g/mol. The van der Waals surface area contributed by atoms with Crippen LogP contribution in [0.25, 0.3) is 22.3 Å². The zero-order chi connectivity index (χ0) is 22.2. The van der Waals surface area contributed by atoms with Crippen LogP contribution in [-0.2, 0) is 16.0 Å². The summed E-state index contributed by atoms with van der Waals surface area (Å²) >= 11 is 0. The van der Waals surface area contributed by atoms with Crippen LogP contribution in [0.1, 0.15) is 38.7 Å². The topological polar surface area (TPSA) is 68.9 Å². The van der Waals surface area contributed by atoms with Crippen molar-refractivity contribution >= 4 is 16.9 Å². The summed E-state index contributed by atoms with van der Waals surface area (Å²) in [4.78, 5) is 11.4. The van der Waals surface area contributed by atoms with Gasteiger partial charge in [0.2, 0.25) is 0 Å². The zero-order valence-corrected chi connectivity index (χ0v) is 18.2. The van der Waals surface area contributed by atoms with E-state index >= 15 is 0 Å². The number of aliphatic hydroxyl groups is 1. The van der Waals surface area contributed by atoms with E-state index in [0.29, 0.717) is 16.9 Å². The Bertz CT molecular complexity index is 1020.